The minimum Gasteiger partial charge on any atom is -0.463 e. The summed E-state index contributed by atoms with van der Waals surface area (Å²) in [5, 5.41) is 19.2. The molecule has 27 heavy (non-hydrogen) atoms. The zero-order valence-electron chi connectivity index (χ0n) is 15.5. The highest BCUT2D eigenvalue weighted by atomic mass is 16.6. The molecule has 0 heterocycles. The van der Waals surface area contributed by atoms with Crippen molar-refractivity contribution in [2.24, 2.45) is 0 Å². The van der Waals surface area contributed by atoms with Crippen LogP contribution in [0.2, 0.25) is 0 Å². The summed E-state index contributed by atoms with van der Waals surface area (Å²) < 4.78 is 19.4. The number of carbonyl (C=O) groups is 5. The molecule has 0 saturated carbocycles. The van der Waals surface area contributed by atoms with Crippen molar-refractivity contribution in [1.82, 2.24) is 0 Å². The van der Waals surface area contributed by atoms with Gasteiger partial charge < -0.3 is 29.2 Å². The maximum absolute atomic E-state index is 12.2. The molecule has 0 aliphatic rings. The molecule has 11 heteroatoms. The van der Waals surface area contributed by atoms with Gasteiger partial charge in [-0.25, -0.2) is 0 Å². The van der Waals surface area contributed by atoms with E-state index in [-0.39, 0.29) is 0 Å². The molecule has 4 atom stereocenters. The van der Waals surface area contributed by atoms with Gasteiger partial charge in [0.15, 0.2) is 18.0 Å². The zero-order chi connectivity index (χ0) is 21.1. The first kappa shape index (κ1) is 24.5. The summed E-state index contributed by atoms with van der Waals surface area (Å²) in [6, 6.07) is 0. The Morgan fingerprint density at radius 2 is 1.26 bits per heavy atom. The molecule has 11 nitrogen and oxygen atoms in total. The summed E-state index contributed by atoms with van der Waals surface area (Å²) in [5.74, 6) is -4.33. The Morgan fingerprint density at radius 3 is 1.67 bits per heavy atom. The molecule has 0 saturated heterocycles. The predicted octanol–water partition coefficient (Wildman–Crippen LogP) is -1.34. The van der Waals surface area contributed by atoms with Crippen molar-refractivity contribution in [3.8, 4) is 0 Å². The van der Waals surface area contributed by atoms with Crippen molar-refractivity contribution < 1.29 is 53.1 Å². The first-order chi connectivity index (χ1) is 12.5. The van der Waals surface area contributed by atoms with Crippen LogP contribution >= 0.6 is 0 Å². The third kappa shape index (κ3) is 9.66. The number of esters is 4. The van der Waals surface area contributed by atoms with Gasteiger partial charge in [0.25, 0.3) is 0 Å². The molecule has 0 aliphatic carbocycles. The molecule has 0 aliphatic heterocycles. The minimum absolute atomic E-state index is 0.456. The number of ether oxygens (including phenoxy) is 4. The zero-order valence-corrected chi connectivity index (χ0v) is 15.5. The topological polar surface area (TPSA) is 163 Å². The molecule has 154 valence electrons. The lowest BCUT2D eigenvalue weighted by Gasteiger charge is -2.33. The number of carbonyl (C=O) groups excluding carboxylic acids is 5. The number of Topliss-reactive ketones (excluding diaryl/α,β-unsaturated/α-hetero) is 1. The fraction of sp³-hybridized carbons (Fsp3) is 0.688. The quantitative estimate of drug-likeness (QED) is 0.316. The normalized spacial score (nSPS) is 14.9. The van der Waals surface area contributed by atoms with Crippen molar-refractivity contribution in [3.63, 3.8) is 0 Å². The van der Waals surface area contributed by atoms with Crippen LogP contribution in [0.3, 0.4) is 0 Å². The lowest BCUT2D eigenvalue weighted by molar-refractivity contribution is -0.197. The molecule has 0 aromatic rings. The molecule has 2 N–H and O–H groups in total. The van der Waals surface area contributed by atoms with Gasteiger partial charge >= 0.3 is 23.9 Å². The molecule has 0 unspecified atom stereocenters. The maximum atomic E-state index is 12.2. The van der Waals surface area contributed by atoms with Crippen molar-refractivity contribution in [3.05, 3.63) is 0 Å². The van der Waals surface area contributed by atoms with Crippen LogP contribution in [-0.4, -0.2) is 77.5 Å². The van der Waals surface area contributed by atoms with E-state index >= 15 is 0 Å². The number of hydrogen-bond donors (Lipinski definition) is 2. The van der Waals surface area contributed by atoms with E-state index in [4.69, 9.17) is 19.3 Å². The van der Waals surface area contributed by atoms with E-state index in [1.54, 1.807) is 0 Å². The van der Waals surface area contributed by atoms with Crippen LogP contribution in [0.5, 0.6) is 0 Å². The van der Waals surface area contributed by atoms with E-state index in [1.807, 2.05) is 0 Å². The third-order valence-electron chi connectivity index (χ3n) is 3.03. The number of rotatable bonds is 11. The van der Waals surface area contributed by atoms with Gasteiger partial charge in [0, 0.05) is 34.1 Å². The Hall–Kier alpha value is -2.53. The van der Waals surface area contributed by atoms with E-state index in [0.717, 1.165) is 27.7 Å². The number of ketones is 1. The summed E-state index contributed by atoms with van der Waals surface area (Å²) in [6.07, 6.45) is -7.36. The lowest BCUT2D eigenvalue weighted by Crippen LogP contribution is -2.54. The second-order valence-electron chi connectivity index (χ2n) is 5.49. The van der Waals surface area contributed by atoms with Crippen molar-refractivity contribution in [2.45, 2.75) is 58.5 Å². The van der Waals surface area contributed by atoms with Gasteiger partial charge in [-0.05, 0) is 0 Å². The average molecular weight is 392 g/mol. The SMILES string of the molecule is CC(=O)OC[C@@H](O)[C@H](OC(C)=O)[C@H](OC(C)=O)[C@@H](OC(C)=O)C(=O)CCO. The highest BCUT2D eigenvalue weighted by Crippen LogP contribution is 2.19. The van der Waals surface area contributed by atoms with Gasteiger partial charge in [-0.2, -0.15) is 0 Å². The molecule has 0 amide bonds. The smallest absolute Gasteiger partial charge is 0.303 e. The molecule has 0 aromatic heterocycles. The summed E-state index contributed by atoms with van der Waals surface area (Å²) in [7, 11) is 0. The molecule has 0 radical (unpaired) electrons. The molecule has 0 aromatic carbocycles. The Balaban J connectivity index is 5.91. The van der Waals surface area contributed by atoms with Crippen LogP contribution in [-0.2, 0) is 42.9 Å². The monoisotopic (exact) mass is 392 g/mol. The van der Waals surface area contributed by atoms with E-state index in [0.29, 0.717) is 0 Å². The predicted molar refractivity (Wildman–Crippen MR) is 86.0 cm³/mol. The van der Waals surface area contributed by atoms with E-state index < -0.39 is 73.7 Å². The average Bonchev–Trinajstić information content (AvgIpc) is 2.53. The van der Waals surface area contributed by atoms with Gasteiger partial charge in [-0.1, -0.05) is 0 Å². The first-order valence-corrected chi connectivity index (χ1v) is 7.96. The van der Waals surface area contributed by atoms with E-state index in [1.165, 1.54) is 0 Å². The first-order valence-electron chi connectivity index (χ1n) is 7.96. The standard InChI is InChI=1S/C16H24O11/c1-8(18)24-7-13(23)15(26-10(3)20)16(27-11(4)21)14(25-9(2)19)12(22)5-6-17/h13-17,23H,5-7H2,1-4H3/t13-,14+,15+,16-/m1/s1. The molecule has 0 bridgehead atoms. The Labute approximate surface area is 155 Å². The molecule has 0 spiro atoms. The second kappa shape index (κ2) is 12.0. The highest BCUT2D eigenvalue weighted by Gasteiger charge is 2.44. The summed E-state index contributed by atoms with van der Waals surface area (Å²) in [6.45, 7) is 2.80. The van der Waals surface area contributed by atoms with Crippen molar-refractivity contribution in [2.75, 3.05) is 13.2 Å². The second-order valence-corrected chi connectivity index (χ2v) is 5.49. The Bertz CT molecular complexity index is 557. The number of aliphatic hydroxyl groups is 2. The van der Waals surface area contributed by atoms with E-state index in [9.17, 15) is 29.1 Å². The maximum Gasteiger partial charge on any atom is 0.303 e. The fourth-order valence-electron chi connectivity index (χ4n) is 2.09. The molecular formula is C16H24O11. The highest BCUT2D eigenvalue weighted by molar-refractivity contribution is 5.86. The van der Waals surface area contributed by atoms with Crippen molar-refractivity contribution in [1.29, 1.82) is 0 Å². The van der Waals surface area contributed by atoms with Crippen LogP contribution in [0.1, 0.15) is 34.1 Å². The number of aliphatic hydroxyl groups excluding tert-OH is 2. The Morgan fingerprint density at radius 1 is 0.778 bits per heavy atom. The number of hydrogen-bond acceptors (Lipinski definition) is 11. The summed E-state index contributed by atoms with van der Waals surface area (Å²) in [5.41, 5.74) is 0. The van der Waals surface area contributed by atoms with Crippen LogP contribution in [0.15, 0.2) is 0 Å². The van der Waals surface area contributed by atoms with Gasteiger partial charge in [-0.15, -0.1) is 0 Å². The van der Waals surface area contributed by atoms with Crippen LogP contribution < -0.4 is 0 Å². The minimum atomic E-state index is -1.77. The van der Waals surface area contributed by atoms with E-state index in [2.05, 4.69) is 4.74 Å². The van der Waals surface area contributed by atoms with Gasteiger partial charge in [0.1, 0.15) is 12.7 Å². The molecule has 0 fully saturated rings. The summed E-state index contributed by atoms with van der Waals surface area (Å²) in [4.78, 5) is 57.4. The van der Waals surface area contributed by atoms with Crippen molar-refractivity contribution >= 4 is 29.7 Å². The lowest BCUT2D eigenvalue weighted by atomic mass is 9.98. The van der Waals surface area contributed by atoms with Crippen LogP contribution in [0, 0.1) is 0 Å². The third-order valence-corrected chi connectivity index (χ3v) is 3.03. The van der Waals surface area contributed by atoms with Crippen LogP contribution in [0.25, 0.3) is 0 Å². The van der Waals surface area contributed by atoms with Crippen LogP contribution in [0.4, 0.5) is 0 Å². The fourth-order valence-corrected chi connectivity index (χ4v) is 2.09. The molecular weight excluding hydrogens is 368 g/mol. The summed E-state index contributed by atoms with van der Waals surface area (Å²) >= 11 is 0. The molecule has 0 rings (SSSR count). The Kier molecular flexibility index (Phi) is 10.8. The van der Waals surface area contributed by atoms with Gasteiger partial charge in [0.2, 0.25) is 6.10 Å². The van der Waals surface area contributed by atoms with Gasteiger partial charge in [-0.3, -0.25) is 24.0 Å². The van der Waals surface area contributed by atoms with Gasteiger partial charge in [0.05, 0.1) is 6.61 Å². The largest absolute Gasteiger partial charge is 0.463 e.